The van der Waals surface area contributed by atoms with Crippen molar-refractivity contribution in [1.82, 2.24) is 25.3 Å². The van der Waals surface area contributed by atoms with Crippen molar-refractivity contribution in [3.63, 3.8) is 0 Å². The Morgan fingerprint density at radius 3 is 2.68 bits per heavy atom. The molecular formula is C23H19F4N7O2S. The third kappa shape index (κ3) is 6.09. The number of anilines is 1. The molecule has 0 bridgehead atoms. The molecule has 9 nitrogen and oxygen atoms in total. The fourth-order valence-electron chi connectivity index (χ4n) is 3.31. The molecule has 4 N–H and O–H groups in total. The van der Waals surface area contributed by atoms with E-state index in [2.05, 4.69) is 30.9 Å². The number of halogens is 4. The van der Waals surface area contributed by atoms with Crippen LogP contribution < -0.4 is 10.6 Å². The molecule has 0 radical (unpaired) electrons. The van der Waals surface area contributed by atoms with Gasteiger partial charge in [0.15, 0.2) is 11.5 Å². The summed E-state index contributed by atoms with van der Waals surface area (Å²) in [6.45, 7) is 0. The zero-order chi connectivity index (χ0) is 26.7. The lowest BCUT2D eigenvalue weighted by Crippen LogP contribution is -2.36. The molecule has 37 heavy (non-hydrogen) atoms. The number of alkyl halides is 3. The predicted molar refractivity (Wildman–Crippen MR) is 130 cm³/mol. The highest BCUT2D eigenvalue weighted by Gasteiger charge is 2.39. The van der Waals surface area contributed by atoms with Gasteiger partial charge in [0, 0.05) is 41.5 Å². The number of aliphatic imine (C=N–C) groups is 1. The van der Waals surface area contributed by atoms with Crippen LogP contribution in [0, 0.1) is 5.82 Å². The number of nitrogens with one attached hydrogen (secondary N) is 3. The molecule has 0 saturated heterocycles. The first-order valence-electron chi connectivity index (χ1n) is 10.5. The number of carbonyl (C=O) groups is 1. The van der Waals surface area contributed by atoms with Gasteiger partial charge in [-0.25, -0.2) is 4.39 Å². The first kappa shape index (κ1) is 25.8. The maximum absolute atomic E-state index is 14.2. The summed E-state index contributed by atoms with van der Waals surface area (Å²) in [5.41, 5.74) is -1.23. The van der Waals surface area contributed by atoms with Crippen molar-refractivity contribution in [2.24, 2.45) is 12.0 Å². The maximum atomic E-state index is 14.2. The van der Waals surface area contributed by atoms with Crippen molar-refractivity contribution in [3.8, 4) is 17.0 Å². The van der Waals surface area contributed by atoms with Crippen LogP contribution >= 0.6 is 11.8 Å². The fraction of sp³-hybridized carbons (Fsp3) is 0.130. The van der Waals surface area contributed by atoms with E-state index in [0.29, 0.717) is 5.69 Å². The van der Waals surface area contributed by atoms with E-state index in [9.17, 15) is 27.5 Å². The molecule has 0 saturated carbocycles. The molecule has 0 fully saturated rings. The van der Waals surface area contributed by atoms with Crippen molar-refractivity contribution < 1.29 is 27.5 Å². The lowest BCUT2D eigenvalue weighted by molar-refractivity contribution is -0.141. The van der Waals surface area contributed by atoms with Crippen LogP contribution in [0.1, 0.15) is 16.1 Å². The third-order valence-corrected chi connectivity index (χ3v) is 5.67. The first-order chi connectivity index (χ1) is 17.5. The number of H-pyrrole nitrogens is 1. The molecule has 0 atom stereocenters. The number of phenols is 1. The molecule has 2 aromatic heterocycles. The monoisotopic (exact) mass is 533 g/mol. The molecule has 0 aliphatic rings. The number of hydrogen-bond acceptors (Lipinski definition) is 6. The van der Waals surface area contributed by atoms with Gasteiger partial charge in [0.2, 0.25) is 5.96 Å². The van der Waals surface area contributed by atoms with E-state index in [1.54, 1.807) is 18.2 Å². The van der Waals surface area contributed by atoms with Gasteiger partial charge in [0.05, 0.1) is 11.3 Å². The average Bonchev–Trinajstić information content (AvgIpc) is 3.45. The highest BCUT2D eigenvalue weighted by molar-refractivity contribution is 7.98. The van der Waals surface area contributed by atoms with Crippen LogP contribution in [0.2, 0.25) is 0 Å². The van der Waals surface area contributed by atoms with E-state index < -0.39 is 29.2 Å². The molecule has 0 aliphatic carbocycles. The molecule has 0 aliphatic heterocycles. The van der Waals surface area contributed by atoms with Gasteiger partial charge in [0.25, 0.3) is 5.91 Å². The van der Waals surface area contributed by atoms with Gasteiger partial charge in [-0.15, -0.1) is 11.8 Å². The first-order valence-corrected chi connectivity index (χ1v) is 11.7. The average molecular weight is 534 g/mol. The van der Waals surface area contributed by atoms with Gasteiger partial charge in [0.1, 0.15) is 11.6 Å². The second kappa shape index (κ2) is 10.3. The molecule has 2 heterocycles. The Morgan fingerprint density at radius 2 is 1.97 bits per heavy atom. The highest BCUT2D eigenvalue weighted by atomic mass is 32.2. The largest absolute Gasteiger partial charge is 0.508 e. The normalized spacial score (nSPS) is 12.0. The Morgan fingerprint density at radius 1 is 1.19 bits per heavy atom. The van der Waals surface area contributed by atoms with Gasteiger partial charge in [-0.3, -0.25) is 19.9 Å². The van der Waals surface area contributed by atoms with Crippen LogP contribution in [0.4, 0.5) is 29.1 Å². The quantitative estimate of drug-likeness (QED) is 0.125. The number of nitrogens with zero attached hydrogens (tertiary/aromatic N) is 4. The Kier molecular flexibility index (Phi) is 7.20. The van der Waals surface area contributed by atoms with E-state index in [1.165, 1.54) is 37.0 Å². The number of aryl methyl sites for hydroxylation is 1. The second-order valence-corrected chi connectivity index (χ2v) is 8.52. The number of amides is 1. The second-order valence-electron chi connectivity index (χ2n) is 7.64. The van der Waals surface area contributed by atoms with E-state index in [0.717, 1.165) is 21.8 Å². The number of aromatic hydroxyl groups is 1. The summed E-state index contributed by atoms with van der Waals surface area (Å²) < 4.78 is 55.3. The number of carbonyl (C=O) groups excluding carboxylic acids is 1. The predicted octanol–water partition coefficient (Wildman–Crippen LogP) is 4.93. The van der Waals surface area contributed by atoms with Crippen LogP contribution in [-0.2, 0) is 13.2 Å². The Labute approximate surface area is 211 Å². The molecule has 4 aromatic rings. The van der Waals surface area contributed by atoms with Gasteiger partial charge in [-0.2, -0.15) is 28.4 Å². The molecule has 192 valence electrons. The van der Waals surface area contributed by atoms with Gasteiger partial charge >= 0.3 is 6.18 Å². The summed E-state index contributed by atoms with van der Waals surface area (Å²) in [7, 11) is 1.26. The van der Waals surface area contributed by atoms with Gasteiger partial charge < -0.3 is 10.4 Å². The van der Waals surface area contributed by atoms with E-state index >= 15 is 0 Å². The summed E-state index contributed by atoms with van der Waals surface area (Å²) in [5.74, 6) is -2.31. The van der Waals surface area contributed by atoms with E-state index in [-0.39, 0.29) is 28.8 Å². The number of benzene rings is 2. The van der Waals surface area contributed by atoms with Crippen molar-refractivity contribution >= 4 is 35.1 Å². The SMILES string of the molecule is CSc1cccc(NC(=Nc2cc(-c3ccc(O)cc3F)[nH]n2)NC(=O)c2cn(C)nc2C(F)(F)F)c1. The van der Waals surface area contributed by atoms with Crippen LogP contribution in [0.5, 0.6) is 5.75 Å². The minimum atomic E-state index is -4.85. The Hall–Kier alpha value is -4.33. The maximum Gasteiger partial charge on any atom is 0.435 e. The molecule has 14 heteroatoms. The molecule has 0 unspecified atom stereocenters. The van der Waals surface area contributed by atoms with Crippen molar-refractivity contribution in [2.75, 3.05) is 11.6 Å². The van der Waals surface area contributed by atoms with Gasteiger partial charge in [-0.05, 0) is 36.6 Å². The summed E-state index contributed by atoms with van der Waals surface area (Å²) in [6.07, 6.45) is -2.04. The number of rotatable bonds is 5. The zero-order valence-corrected chi connectivity index (χ0v) is 20.1. The fourth-order valence-corrected chi connectivity index (χ4v) is 3.77. The smallest absolute Gasteiger partial charge is 0.435 e. The lowest BCUT2D eigenvalue weighted by Gasteiger charge is -2.12. The van der Waals surface area contributed by atoms with Crippen LogP contribution in [0.3, 0.4) is 0 Å². The highest BCUT2D eigenvalue weighted by Crippen LogP contribution is 2.31. The molecular weight excluding hydrogens is 514 g/mol. The summed E-state index contributed by atoms with van der Waals surface area (Å²) in [6, 6.07) is 11.9. The number of hydrogen-bond donors (Lipinski definition) is 4. The zero-order valence-electron chi connectivity index (χ0n) is 19.3. The molecule has 2 aromatic carbocycles. The van der Waals surface area contributed by atoms with E-state index in [1.807, 2.05) is 12.3 Å². The number of phenolic OH excluding ortho intramolecular Hbond substituents is 1. The van der Waals surface area contributed by atoms with Crippen LogP contribution in [0.15, 0.2) is 64.6 Å². The number of thioether (sulfide) groups is 1. The number of guanidine groups is 1. The number of aromatic amines is 1. The molecule has 1 amide bonds. The summed E-state index contributed by atoms with van der Waals surface area (Å²) >= 11 is 1.46. The molecule has 0 spiro atoms. The third-order valence-electron chi connectivity index (χ3n) is 4.94. The summed E-state index contributed by atoms with van der Waals surface area (Å²) in [4.78, 5) is 17.9. The minimum absolute atomic E-state index is 0.00599. The minimum Gasteiger partial charge on any atom is -0.508 e. The topological polar surface area (TPSA) is 120 Å². The molecule has 4 rings (SSSR count). The van der Waals surface area contributed by atoms with Crippen LogP contribution in [-0.4, -0.2) is 43.2 Å². The van der Waals surface area contributed by atoms with Gasteiger partial charge in [-0.1, -0.05) is 6.07 Å². The van der Waals surface area contributed by atoms with Crippen molar-refractivity contribution in [2.45, 2.75) is 11.1 Å². The number of aromatic nitrogens is 4. The lowest BCUT2D eigenvalue weighted by atomic mass is 10.1. The standard InChI is InChI=1S/C23H19F4N7O2S/c1-34-11-16(20(33-34)23(25,26)27)21(36)30-22(28-12-4-3-5-14(8-12)37-2)29-19-10-18(31-32-19)15-7-6-13(35)9-17(15)24/h3-11,35H,1-2H3,(H3,28,29,30,31,32,36). The van der Waals surface area contributed by atoms with Crippen molar-refractivity contribution in [1.29, 1.82) is 0 Å². The van der Waals surface area contributed by atoms with Crippen LogP contribution in [0.25, 0.3) is 11.3 Å². The Bertz CT molecular complexity index is 1480. The van der Waals surface area contributed by atoms with E-state index in [4.69, 9.17) is 0 Å². The summed E-state index contributed by atoms with van der Waals surface area (Å²) in [5, 5.41) is 24.6. The van der Waals surface area contributed by atoms with Crippen molar-refractivity contribution in [3.05, 3.63) is 71.8 Å². The Balaban J connectivity index is 1.69.